The fourth-order valence-electron chi connectivity index (χ4n) is 0.584. The molecule has 0 heterocycles. The molecule has 0 aliphatic heterocycles. The zero-order valence-corrected chi connectivity index (χ0v) is 7.46. The van der Waals surface area contributed by atoms with Gasteiger partial charge < -0.3 is 11.5 Å². The highest BCUT2D eigenvalue weighted by Crippen LogP contribution is 2.23. The second-order valence-electron chi connectivity index (χ2n) is 2.42. The molecule has 0 aliphatic carbocycles. The van der Waals surface area contributed by atoms with E-state index in [-0.39, 0.29) is 12.4 Å². The highest BCUT2D eigenvalue weighted by Gasteiger charge is 2.45. The van der Waals surface area contributed by atoms with Gasteiger partial charge in [0.2, 0.25) is 0 Å². The maximum absolute atomic E-state index is 12.2. The quantitative estimate of drug-likeness (QED) is 0.736. The van der Waals surface area contributed by atoms with Crippen LogP contribution in [0.4, 0.5) is 26.3 Å². The fraction of sp³-hybridized carbons (Fsp3) is 1.00. The maximum atomic E-state index is 12.2. The normalized spacial score (nSPS) is 18.6. The van der Waals surface area contributed by atoms with Crippen molar-refractivity contribution in [2.24, 2.45) is 11.5 Å². The van der Waals surface area contributed by atoms with Gasteiger partial charge in [-0.25, -0.2) is 13.2 Å². The van der Waals surface area contributed by atoms with E-state index in [4.69, 9.17) is 0 Å². The summed E-state index contributed by atoms with van der Waals surface area (Å²) in [5.41, 5.74) is 8.96. The first-order valence-corrected chi connectivity index (χ1v) is 3.18. The number of alkyl halides is 6. The summed E-state index contributed by atoms with van der Waals surface area (Å²) in [5, 5.41) is 0. The van der Waals surface area contributed by atoms with Crippen LogP contribution in [0.15, 0.2) is 0 Å². The van der Waals surface area contributed by atoms with Crippen molar-refractivity contribution >= 4 is 12.4 Å². The van der Waals surface area contributed by atoms with Crippen LogP contribution in [0.3, 0.4) is 0 Å². The number of hydrogen-bond donors (Lipinski definition) is 2. The Labute approximate surface area is 82.0 Å². The molecule has 0 fully saturated rings. The first-order valence-electron chi connectivity index (χ1n) is 3.18. The molecule has 3 unspecified atom stereocenters. The SMILES string of the molecule is Cl.NC(C(F)C(F)F)C(N)C(F)(F)F. The standard InChI is InChI=1S/C5H8F6N2.ClH/c6-1(4(7)8)2(12)3(13)5(9,10)11;/h1-4H,12-13H2;1H. The Morgan fingerprint density at radius 3 is 1.50 bits per heavy atom. The van der Waals surface area contributed by atoms with Crippen LogP contribution in [0.2, 0.25) is 0 Å². The summed E-state index contributed by atoms with van der Waals surface area (Å²) in [6, 6.07) is -5.23. The molecule has 0 saturated heterocycles. The molecule has 0 aliphatic rings. The van der Waals surface area contributed by atoms with Gasteiger partial charge in [-0.1, -0.05) is 0 Å². The second kappa shape index (κ2) is 5.62. The zero-order valence-electron chi connectivity index (χ0n) is 6.64. The van der Waals surface area contributed by atoms with E-state index in [9.17, 15) is 26.3 Å². The second-order valence-corrected chi connectivity index (χ2v) is 2.42. The average molecular weight is 247 g/mol. The van der Waals surface area contributed by atoms with Gasteiger partial charge in [-0.15, -0.1) is 12.4 Å². The Balaban J connectivity index is 0. The Morgan fingerprint density at radius 2 is 1.29 bits per heavy atom. The predicted octanol–water partition coefficient (Wildman–Crippen LogP) is 1.23. The minimum atomic E-state index is -4.97. The number of halogens is 7. The van der Waals surface area contributed by atoms with Crippen LogP contribution in [0.5, 0.6) is 0 Å². The van der Waals surface area contributed by atoms with E-state index in [1.165, 1.54) is 0 Å². The third-order valence-electron chi connectivity index (χ3n) is 1.40. The van der Waals surface area contributed by atoms with E-state index in [0.717, 1.165) is 0 Å². The molecule has 4 N–H and O–H groups in total. The average Bonchev–Trinajstić information content (AvgIpc) is 1.98. The van der Waals surface area contributed by atoms with Gasteiger partial charge in [0, 0.05) is 0 Å². The Hall–Kier alpha value is -0.210. The Kier molecular flexibility index (Phi) is 6.51. The summed E-state index contributed by atoms with van der Waals surface area (Å²) in [4.78, 5) is 0. The van der Waals surface area contributed by atoms with Gasteiger partial charge in [0.05, 0.1) is 6.04 Å². The van der Waals surface area contributed by atoms with E-state index in [2.05, 4.69) is 11.5 Å². The van der Waals surface area contributed by atoms with Gasteiger partial charge in [0.25, 0.3) is 6.43 Å². The highest BCUT2D eigenvalue weighted by atomic mass is 35.5. The number of nitrogens with two attached hydrogens (primary N) is 2. The molecule has 0 saturated carbocycles. The summed E-state index contributed by atoms with van der Waals surface area (Å²) >= 11 is 0. The Bertz CT molecular complexity index is 163. The van der Waals surface area contributed by atoms with Gasteiger partial charge >= 0.3 is 6.18 Å². The van der Waals surface area contributed by atoms with E-state index >= 15 is 0 Å². The van der Waals surface area contributed by atoms with Gasteiger partial charge in [0.15, 0.2) is 6.17 Å². The molecule has 0 rings (SSSR count). The molecule has 0 amide bonds. The molecule has 14 heavy (non-hydrogen) atoms. The van der Waals surface area contributed by atoms with Crippen LogP contribution in [-0.2, 0) is 0 Å². The lowest BCUT2D eigenvalue weighted by molar-refractivity contribution is -0.159. The van der Waals surface area contributed by atoms with E-state index in [1.807, 2.05) is 0 Å². The lowest BCUT2D eigenvalue weighted by atomic mass is 10.1. The summed E-state index contributed by atoms with van der Waals surface area (Å²) in [6.07, 6.45) is -11.6. The third-order valence-corrected chi connectivity index (χ3v) is 1.40. The van der Waals surface area contributed by atoms with Crippen molar-refractivity contribution in [2.45, 2.75) is 30.9 Å². The fourth-order valence-corrected chi connectivity index (χ4v) is 0.584. The van der Waals surface area contributed by atoms with Crippen LogP contribution in [-0.4, -0.2) is 30.9 Å². The van der Waals surface area contributed by atoms with Gasteiger partial charge in [-0.05, 0) is 0 Å². The number of rotatable bonds is 3. The van der Waals surface area contributed by atoms with Crippen molar-refractivity contribution in [3.05, 3.63) is 0 Å². The minimum Gasteiger partial charge on any atom is -0.323 e. The molecule has 0 aromatic carbocycles. The minimum absolute atomic E-state index is 0. The molecule has 3 atom stereocenters. The molecule has 9 heteroatoms. The molecular formula is C5H9ClF6N2. The molecule has 88 valence electrons. The lowest BCUT2D eigenvalue weighted by Gasteiger charge is -2.24. The van der Waals surface area contributed by atoms with Gasteiger partial charge in [0.1, 0.15) is 6.04 Å². The third kappa shape index (κ3) is 4.34. The summed E-state index contributed by atoms with van der Waals surface area (Å²) in [6.45, 7) is 0. The monoisotopic (exact) mass is 246 g/mol. The van der Waals surface area contributed by atoms with Gasteiger partial charge in [-0.3, -0.25) is 0 Å². The highest BCUT2D eigenvalue weighted by molar-refractivity contribution is 5.85. The lowest BCUT2D eigenvalue weighted by Crippen LogP contribution is -2.57. The van der Waals surface area contributed by atoms with Crippen LogP contribution in [0.25, 0.3) is 0 Å². The van der Waals surface area contributed by atoms with Crippen molar-refractivity contribution in [1.82, 2.24) is 0 Å². The van der Waals surface area contributed by atoms with Crippen molar-refractivity contribution in [3.63, 3.8) is 0 Å². The van der Waals surface area contributed by atoms with Crippen LogP contribution >= 0.6 is 12.4 Å². The van der Waals surface area contributed by atoms with E-state index in [1.54, 1.807) is 0 Å². The van der Waals surface area contributed by atoms with Crippen LogP contribution < -0.4 is 11.5 Å². The largest absolute Gasteiger partial charge is 0.405 e. The molecule has 0 aromatic rings. The summed E-state index contributed by atoms with van der Waals surface area (Å²) in [5.74, 6) is 0. The predicted molar refractivity (Wildman–Crippen MR) is 40.2 cm³/mol. The summed E-state index contributed by atoms with van der Waals surface area (Å²) < 4.78 is 70.5. The zero-order chi connectivity index (χ0) is 10.8. The van der Waals surface area contributed by atoms with Gasteiger partial charge in [-0.2, -0.15) is 13.2 Å². The molecule has 0 spiro atoms. The van der Waals surface area contributed by atoms with Crippen molar-refractivity contribution in [3.8, 4) is 0 Å². The first-order chi connectivity index (χ1) is 5.68. The van der Waals surface area contributed by atoms with E-state index < -0.39 is 30.9 Å². The van der Waals surface area contributed by atoms with Crippen LogP contribution in [0.1, 0.15) is 0 Å². The van der Waals surface area contributed by atoms with Crippen LogP contribution in [0, 0.1) is 0 Å². The Morgan fingerprint density at radius 1 is 0.929 bits per heavy atom. The van der Waals surface area contributed by atoms with E-state index in [0.29, 0.717) is 0 Å². The first kappa shape index (κ1) is 16.2. The molecule has 0 aromatic heterocycles. The topological polar surface area (TPSA) is 52.0 Å². The molecule has 0 radical (unpaired) electrons. The number of hydrogen-bond acceptors (Lipinski definition) is 2. The molecule has 2 nitrogen and oxygen atoms in total. The van der Waals surface area contributed by atoms with Crippen molar-refractivity contribution < 1.29 is 26.3 Å². The maximum Gasteiger partial charge on any atom is 0.405 e. The molecular weight excluding hydrogens is 238 g/mol. The molecule has 0 bridgehead atoms. The summed E-state index contributed by atoms with van der Waals surface area (Å²) in [7, 11) is 0. The van der Waals surface area contributed by atoms with Crippen molar-refractivity contribution in [1.29, 1.82) is 0 Å². The smallest absolute Gasteiger partial charge is 0.323 e. The van der Waals surface area contributed by atoms with Crippen molar-refractivity contribution in [2.75, 3.05) is 0 Å².